The molecule has 184 valence electrons. The van der Waals surface area contributed by atoms with Crippen LogP contribution in [0, 0.1) is 5.82 Å². The topological polar surface area (TPSA) is 81.0 Å². The lowest BCUT2D eigenvalue weighted by Crippen LogP contribution is -2.25. The van der Waals surface area contributed by atoms with Gasteiger partial charge in [-0.15, -0.1) is 0 Å². The second-order valence-electron chi connectivity index (χ2n) is 8.77. The molecular formula is C27H28FN7O. The largest absolute Gasteiger partial charge is 0.491 e. The highest BCUT2D eigenvalue weighted by Gasteiger charge is 2.17. The average molecular weight is 486 g/mol. The van der Waals surface area contributed by atoms with Crippen molar-refractivity contribution in [2.24, 2.45) is 7.05 Å². The van der Waals surface area contributed by atoms with Gasteiger partial charge in [0, 0.05) is 36.9 Å². The number of anilines is 2. The molecule has 0 spiro atoms. The number of nitrogens with one attached hydrogen (secondary N) is 1. The summed E-state index contributed by atoms with van der Waals surface area (Å²) in [4.78, 5) is 15.4. The van der Waals surface area contributed by atoms with Crippen molar-refractivity contribution in [1.82, 2.24) is 29.6 Å². The fourth-order valence-corrected chi connectivity index (χ4v) is 4.25. The summed E-state index contributed by atoms with van der Waals surface area (Å²) >= 11 is 0. The lowest BCUT2D eigenvalue weighted by Gasteiger charge is -2.18. The molecule has 0 bridgehead atoms. The van der Waals surface area contributed by atoms with Crippen molar-refractivity contribution in [3.8, 4) is 16.9 Å². The number of halogens is 1. The van der Waals surface area contributed by atoms with Crippen molar-refractivity contribution < 1.29 is 9.13 Å². The van der Waals surface area contributed by atoms with Crippen LogP contribution in [-0.4, -0.2) is 56.4 Å². The Labute approximate surface area is 208 Å². The van der Waals surface area contributed by atoms with Crippen LogP contribution >= 0.6 is 0 Å². The Kier molecular flexibility index (Phi) is 6.73. The maximum atomic E-state index is 15.3. The van der Waals surface area contributed by atoms with Gasteiger partial charge in [0.05, 0.1) is 28.3 Å². The van der Waals surface area contributed by atoms with Crippen molar-refractivity contribution in [3.05, 3.63) is 67.1 Å². The standard InChI is InChI=1S/C27H28FN7O/c1-4-10-34(2)11-12-36-24-14-18(19-15-32-35(3)16-19)13-23-25(24)27(31-17-30-23)33-22-8-7-21-20(26(22)28)6-5-9-29-21/h5-9,13-17H,4,10-12H2,1-3H3,(H,30,31,33). The molecule has 0 unspecified atom stereocenters. The van der Waals surface area contributed by atoms with Gasteiger partial charge in [-0.25, -0.2) is 14.4 Å². The van der Waals surface area contributed by atoms with E-state index in [1.54, 1.807) is 41.3 Å². The maximum absolute atomic E-state index is 15.3. The van der Waals surface area contributed by atoms with Gasteiger partial charge in [0.2, 0.25) is 0 Å². The number of fused-ring (bicyclic) bond motifs is 2. The van der Waals surface area contributed by atoms with Crippen LogP contribution in [0.3, 0.4) is 0 Å². The first-order valence-corrected chi connectivity index (χ1v) is 11.9. The van der Waals surface area contributed by atoms with E-state index in [9.17, 15) is 0 Å². The SMILES string of the molecule is CCCN(C)CCOc1cc(-c2cnn(C)c2)cc2ncnc(Nc3ccc4ncccc4c3F)c12. The number of aromatic nitrogens is 5. The van der Waals surface area contributed by atoms with Gasteiger partial charge in [0.1, 0.15) is 24.5 Å². The Balaban J connectivity index is 1.56. The molecule has 0 saturated heterocycles. The molecular weight excluding hydrogens is 457 g/mol. The number of aryl methyl sites for hydroxylation is 1. The van der Waals surface area contributed by atoms with Gasteiger partial charge in [0.25, 0.3) is 0 Å². The summed E-state index contributed by atoms with van der Waals surface area (Å²) in [5.74, 6) is 0.710. The lowest BCUT2D eigenvalue weighted by atomic mass is 10.1. The predicted octanol–water partition coefficient (Wildman–Crippen LogP) is 5.18. The summed E-state index contributed by atoms with van der Waals surface area (Å²) in [6, 6.07) is 10.8. The molecule has 0 saturated carbocycles. The van der Waals surface area contributed by atoms with E-state index in [1.165, 1.54) is 6.33 Å². The molecule has 0 amide bonds. The molecule has 0 fully saturated rings. The number of nitrogens with zero attached hydrogens (tertiary/aromatic N) is 6. The molecule has 0 aliphatic carbocycles. The molecule has 0 aliphatic rings. The first-order valence-electron chi connectivity index (χ1n) is 11.9. The van der Waals surface area contributed by atoms with Crippen LogP contribution < -0.4 is 10.1 Å². The molecule has 2 aromatic carbocycles. The second-order valence-corrected chi connectivity index (χ2v) is 8.77. The van der Waals surface area contributed by atoms with E-state index in [2.05, 4.69) is 44.2 Å². The molecule has 3 heterocycles. The van der Waals surface area contributed by atoms with Crippen LogP contribution in [0.5, 0.6) is 5.75 Å². The zero-order valence-electron chi connectivity index (χ0n) is 20.6. The minimum Gasteiger partial charge on any atom is -0.491 e. The Morgan fingerprint density at radius 1 is 1.06 bits per heavy atom. The molecule has 8 nitrogen and oxygen atoms in total. The third kappa shape index (κ3) is 4.83. The minimum atomic E-state index is -0.386. The Bertz CT molecular complexity index is 1520. The predicted molar refractivity (Wildman–Crippen MR) is 140 cm³/mol. The smallest absolute Gasteiger partial charge is 0.156 e. The van der Waals surface area contributed by atoms with Gasteiger partial charge in [-0.05, 0) is 62.0 Å². The van der Waals surface area contributed by atoms with Crippen LogP contribution in [0.1, 0.15) is 13.3 Å². The molecule has 0 atom stereocenters. The quantitative estimate of drug-likeness (QED) is 0.308. The number of benzene rings is 2. The molecule has 5 aromatic rings. The summed E-state index contributed by atoms with van der Waals surface area (Å²) in [5, 5.41) is 8.59. The van der Waals surface area contributed by atoms with E-state index in [0.717, 1.165) is 30.6 Å². The molecule has 9 heteroatoms. The van der Waals surface area contributed by atoms with E-state index in [1.807, 2.05) is 25.4 Å². The zero-order chi connectivity index (χ0) is 25.1. The Morgan fingerprint density at radius 2 is 1.94 bits per heavy atom. The fourth-order valence-electron chi connectivity index (χ4n) is 4.25. The van der Waals surface area contributed by atoms with Gasteiger partial charge in [0.15, 0.2) is 5.82 Å². The van der Waals surface area contributed by atoms with Crippen LogP contribution in [0.4, 0.5) is 15.9 Å². The Hall–Kier alpha value is -4.11. The van der Waals surface area contributed by atoms with Crippen LogP contribution in [0.25, 0.3) is 32.9 Å². The third-order valence-corrected chi connectivity index (χ3v) is 6.05. The first kappa shape index (κ1) is 23.6. The van der Waals surface area contributed by atoms with Gasteiger partial charge in [-0.1, -0.05) is 6.92 Å². The highest BCUT2D eigenvalue weighted by atomic mass is 19.1. The lowest BCUT2D eigenvalue weighted by molar-refractivity contribution is 0.239. The summed E-state index contributed by atoms with van der Waals surface area (Å²) in [7, 11) is 3.95. The average Bonchev–Trinajstić information content (AvgIpc) is 3.32. The number of hydrogen-bond donors (Lipinski definition) is 1. The highest BCUT2D eigenvalue weighted by Crippen LogP contribution is 2.37. The number of hydrogen-bond acceptors (Lipinski definition) is 7. The summed E-state index contributed by atoms with van der Waals surface area (Å²) in [6.45, 7) is 4.41. The normalized spacial score (nSPS) is 11.5. The molecule has 1 N–H and O–H groups in total. The number of rotatable bonds is 9. The molecule has 36 heavy (non-hydrogen) atoms. The molecule has 0 aliphatic heterocycles. The second kappa shape index (κ2) is 10.2. The van der Waals surface area contributed by atoms with Gasteiger partial charge >= 0.3 is 0 Å². The van der Waals surface area contributed by atoms with E-state index in [-0.39, 0.29) is 5.82 Å². The van der Waals surface area contributed by atoms with Crippen molar-refractivity contribution in [2.45, 2.75) is 13.3 Å². The monoisotopic (exact) mass is 485 g/mol. The summed E-state index contributed by atoms with van der Waals surface area (Å²) in [5.41, 5.74) is 3.47. The van der Waals surface area contributed by atoms with E-state index < -0.39 is 0 Å². The van der Waals surface area contributed by atoms with Gasteiger partial charge in [-0.2, -0.15) is 5.10 Å². The van der Waals surface area contributed by atoms with Crippen LogP contribution in [-0.2, 0) is 7.05 Å². The summed E-state index contributed by atoms with van der Waals surface area (Å²) < 4.78 is 23.4. The van der Waals surface area contributed by atoms with Crippen LogP contribution in [0.2, 0.25) is 0 Å². The van der Waals surface area contributed by atoms with Gasteiger partial charge in [-0.3, -0.25) is 9.67 Å². The minimum absolute atomic E-state index is 0.306. The van der Waals surface area contributed by atoms with Crippen LogP contribution in [0.15, 0.2) is 61.3 Å². The summed E-state index contributed by atoms with van der Waals surface area (Å²) in [6.07, 6.45) is 7.94. The number of likely N-dealkylation sites (N-methyl/N-ethyl adjacent to an activating group) is 1. The van der Waals surface area contributed by atoms with E-state index in [0.29, 0.717) is 45.7 Å². The van der Waals surface area contributed by atoms with Crippen molar-refractivity contribution >= 4 is 33.3 Å². The van der Waals surface area contributed by atoms with E-state index in [4.69, 9.17) is 4.74 Å². The first-order chi connectivity index (χ1) is 17.5. The fraction of sp³-hybridized carbons (Fsp3) is 0.259. The number of ether oxygens (including phenoxy) is 1. The molecule has 5 rings (SSSR count). The Morgan fingerprint density at radius 3 is 2.75 bits per heavy atom. The number of pyridine rings is 1. The third-order valence-electron chi connectivity index (χ3n) is 6.05. The van der Waals surface area contributed by atoms with E-state index >= 15 is 4.39 Å². The highest BCUT2D eigenvalue weighted by molar-refractivity contribution is 5.99. The molecule has 3 aromatic heterocycles. The zero-order valence-corrected chi connectivity index (χ0v) is 20.6. The van der Waals surface area contributed by atoms with Crippen molar-refractivity contribution in [1.29, 1.82) is 0 Å². The van der Waals surface area contributed by atoms with Crippen molar-refractivity contribution in [2.75, 3.05) is 32.1 Å². The maximum Gasteiger partial charge on any atom is 0.156 e. The molecule has 0 radical (unpaired) electrons. The van der Waals surface area contributed by atoms with Crippen molar-refractivity contribution in [3.63, 3.8) is 0 Å². The van der Waals surface area contributed by atoms with Gasteiger partial charge < -0.3 is 15.0 Å².